The Balaban J connectivity index is 1.79. The van der Waals surface area contributed by atoms with Crippen molar-refractivity contribution in [2.45, 2.75) is 51.2 Å². The number of amides is 1. The van der Waals surface area contributed by atoms with E-state index < -0.39 is 0 Å². The molecule has 4 nitrogen and oxygen atoms in total. The van der Waals surface area contributed by atoms with Crippen LogP contribution in [-0.2, 0) is 9.53 Å². The summed E-state index contributed by atoms with van der Waals surface area (Å²) in [4.78, 5) is 26.1. The predicted molar refractivity (Wildman–Crippen MR) is 83.4 cm³/mol. The second kappa shape index (κ2) is 6.51. The Bertz CT molecular complexity index is 543. The lowest BCUT2D eigenvalue weighted by atomic mass is 9.76. The van der Waals surface area contributed by atoms with Gasteiger partial charge in [0.05, 0.1) is 0 Å². The van der Waals surface area contributed by atoms with Gasteiger partial charge in [-0.05, 0) is 25.0 Å². The molecule has 118 valence electrons. The van der Waals surface area contributed by atoms with Crippen LogP contribution in [0.1, 0.15) is 49.4 Å². The number of esters is 1. The molecule has 0 aromatic heterocycles. The number of piperidine rings is 1. The summed E-state index contributed by atoms with van der Waals surface area (Å²) in [6, 6.07) is 9.68. The molecule has 1 heterocycles. The number of nitrogens with zero attached hydrogens (tertiary/aromatic N) is 1. The molecule has 1 saturated carbocycles. The molecule has 1 aromatic carbocycles. The van der Waals surface area contributed by atoms with Crippen molar-refractivity contribution in [2.75, 3.05) is 6.54 Å². The second-order valence-electron chi connectivity index (χ2n) is 6.32. The highest BCUT2D eigenvalue weighted by Crippen LogP contribution is 2.37. The SMILES string of the molecule is CC(=O)O[C@@H]1CCN(C(=O)c2ccccc2)[C@@H]2CCCC[C@H]21. The van der Waals surface area contributed by atoms with Crippen molar-refractivity contribution in [1.29, 1.82) is 0 Å². The zero-order valence-corrected chi connectivity index (χ0v) is 13.0. The van der Waals surface area contributed by atoms with Crippen LogP contribution in [0.4, 0.5) is 0 Å². The summed E-state index contributed by atoms with van der Waals surface area (Å²) >= 11 is 0. The molecular weight excluding hydrogens is 278 g/mol. The highest BCUT2D eigenvalue weighted by Gasteiger charge is 2.42. The van der Waals surface area contributed by atoms with Crippen LogP contribution < -0.4 is 0 Å². The van der Waals surface area contributed by atoms with Gasteiger partial charge in [0.15, 0.2) is 0 Å². The van der Waals surface area contributed by atoms with Gasteiger partial charge in [0, 0.05) is 37.4 Å². The molecule has 0 radical (unpaired) electrons. The zero-order chi connectivity index (χ0) is 15.5. The van der Waals surface area contributed by atoms with Gasteiger partial charge < -0.3 is 9.64 Å². The van der Waals surface area contributed by atoms with Gasteiger partial charge in [0.1, 0.15) is 6.10 Å². The third-order valence-electron chi connectivity index (χ3n) is 4.91. The molecule has 22 heavy (non-hydrogen) atoms. The van der Waals surface area contributed by atoms with Gasteiger partial charge >= 0.3 is 5.97 Å². The van der Waals surface area contributed by atoms with E-state index in [0.717, 1.165) is 37.7 Å². The summed E-state index contributed by atoms with van der Waals surface area (Å²) in [6.45, 7) is 2.15. The van der Waals surface area contributed by atoms with Gasteiger partial charge in [0.25, 0.3) is 5.91 Å². The molecule has 1 aromatic rings. The van der Waals surface area contributed by atoms with Crippen LogP contribution in [0.3, 0.4) is 0 Å². The number of carbonyl (C=O) groups excluding carboxylic acids is 2. The Morgan fingerprint density at radius 3 is 2.55 bits per heavy atom. The number of hydrogen-bond acceptors (Lipinski definition) is 3. The minimum absolute atomic E-state index is 0.0253. The van der Waals surface area contributed by atoms with Crippen molar-refractivity contribution < 1.29 is 14.3 Å². The average molecular weight is 301 g/mol. The standard InChI is InChI=1S/C18H23NO3/c1-13(20)22-17-11-12-19(16-10-6-5-9-15(16)17)18(21)14-7-3-2-4-8-14/h2-4,7-8,15-17H,5-6,9-12H2,1H3/t15-,16-,17-/m1/s1. The van der Waals surface area contributed by atoms with Gasteiger partial charge in [-0.15, -0.1) is 0 Å². The van der Waals surface area contributed by atoms with Crippen LogP contribution >= 0.6 is 0 Å². The van der Waals surface area contributed by atoms with E-state index in [0.29, 0.717) is 12.5 Å². The Kier molecular flexibility index (Phi) is 4.46. The Morgan fingerprint density at radius 2 is 1.82 bits per heavy atom. The third-order valence-corrected chi connectivity index (χ3v) is 4.91. The predicted octanol–water partition coefficient (Wildman–Crippen LogP) is 3.02. The Labute approximate surface area is 131 Å². The van der Waals surface area contributed by atoms with E-state index in [4.69, 9.17) is 4.74 Å². The topological polar surface area (TPSA) is 46.6 Å². The fraction of sp³-hybridized carbons (Fsp3) is 0.556. The van der Waals surface area contributed by atoms with Gasteiger partial charge in [-0.25, -0.2) is 0 Å². The van der Waals surface area contributed by atoms with E-state index in [1.807, 2.05) is 35.2 Å². The smallest absolute Gasteiger partial charge is 0.302 e. The largest absolute Gasteiger partial charge is 0.462 e. The molecule has 2 fully saturated rings. The number of carbonyl (C=O) groups is 2. The van der Waals surface area contributed by atoms with Crippen LogP contribution in [0.25, 0.3) is 0 Å². The first-order valence-electron chi connectivity index (χ1n) is 8.20. The lowest BCUT2D eigenvalue weighted by Gasteiger charge is -2.47. The zero-order valence-electron chi connectivity index (χ0n) is 13.0. The van der Waals surface area contributed by atoms with Crippen LogP contribution in [0.2, 0.25) is 0 Å². The van der Waals surface area contributed by atoms with Crippen molar-refractivity contribution in [2.24, 2.45) is 5.92 Å². The number of hydrogen-bond donors (Lipinski definition) is 0. The summed E-state index contributed by atoms with van der Waals surface area (Å²) in [5.41, 5.74) is 0.748. The maximum absolute atomic E-state index is 12.8. The number of benzene rings is 1. The van der Waals surface area contributed by atoms with E-state index in [2.05, 4.69) is 0 Å². The van der Waals surface area contributed by atoms with Crippen molar-refractivity contribution >= 4 is 11.9 Å². The lowest BCUT2D eigenvalue weighted by Crippen LogP contribution is -2.55. The molecule has 0 N–H and O–H groups in total. The van der Waals surface area contributed by atoms with Gasteiger partial charge in [-0.1, -0.05) is 31.0 Å². The van der Waals surface area contributed by atoms with E-state index in [1.54, 1.807) is 0 Å². The number of fused-ring (bicyclic) bond motifs is 1. The fourth-order valence-corrected chi connectivity index (χ4v) is 3.97. The van der Waals surface area contributed by atoms with E-state index in [1.165, 1.54) is 6.92 Å². The molecule has 1 aliphatic heterocycles. The quantitative estimate of drug-likeness (QED) is 0.789. The summed E-state index contributed by atoms with van der Waals surface area (Å²) in [7, 11) is 0. The molecule has 3 rings (SSSR count). The highest BCUT2D eigenvalue weighted by molar-refractivity contribution is 5.94. The maximum Gasteiger partial charge on any atom is 0.302 e. The van der Waals surface area contributed by atoms with Gasteiger partial charge in [-0.3, -0.25) is 9.59 Å². The summed E-state index contributed by atoms with van der Waals surface area (Å²) in [5.74, 6) is 0.190. The molecule has 1 saturated heterocycles. The Morgan fingerprint density at radius 1 is 1.09 bits per heavy atom. The molecule has 0 bridgehead atoms. The van der Waals surface area contributed by atoms with Crippen molar-refractivity contribution in [3.8, 4) is 0 Å². The first-order chi connectivity index (χ1) is 10.7. The molecular formula is C18H23NO3. The van der Waals surface area contributed by atoms with E-state index >= 15 is 0 Å². The number of likely N-dealkylation sites (tertiary alicyclic amines) is 1. The molecule has 4 heteroatoms. The Hall–Kier alpha value is -1.84. The molecule has 2 aliphatic rings. The summed E-state index contributed by atoms with van der Waals surface area (Å²) < 4.78 is 5.52. The number of rotatable bonds is 2. The van der Waals surface area contributed by atoms with Crippen LogP contribution in [0, 0.1) is 5.92 Å². The second-order valence-corrected chi connectivity index (χ2v) is 6.32. The first-order valence-corrected chi connectivity index (χ1v) is 8.20. The van der Waals surface area contributed by atoms with Gasteiger partial charge in [0.2, 0.25) is 0 Å². The van der Waals surface area contributed by atoms with E-state index in [-0.39, 0.29) is 24.0 Å². The van der Waals surface area contributed by atoms with Crippen molar-refractivity contribution in [3.05, 3.63) is 35.9 Å². The monoisotopic (exact) mass is 301 g/mol. The normalized spacial score (nSPS) is 27.9. The van der Waals surface area contributed by atoms with Crippen LogP contribution in [0.15, 0.2) is 30.3 Å². The van der Waals surface area contributed by atoms with Crippen LogP contribution in [-0.4, -0.2) is 35.5 Å². The highest BCUT2D eigenvalue weighted by atomic mass is 16.5. The molecule has 1 amide bonds. The molecule has 1 aliphatic carbocycles. The average Bonchev–Trinajstić information content (AvgIpc) is 2.55. The van der Waals surface area contributed by atoms with Crippen LogP contribution in [0.5, 0.6) is 0 Å². The minimum Gasteiger partial charge on any atom is -0.462 e. The van der Waals surface area contributed by atoms with Gasteiger partial charge in [-0.2, -0.15) is 0 Å². The molecule has 0 spiro atoms. The van der Waals surface area contributed by atoms with E-state index in [9.17, 15) is 9.59 Å². The lowest BCUT2D eigenvalue weighted by molar-refractivity contribution is -0.154. The number of ether oxygens (including phenoxy) is 1. The third kappa shape index (κ3) is 3.01. The molecule has 3 atom stereocenters. The first kappa shape index (κ1) is 15.1. The summed E-state index contributed by atoms with van der Waals surface area (Å²) in [5, 5.41) is 0. The minimum atomic E-state index is -0.211. The van der Waals surface area contributed by atoms with Crippen molar-refractivity contribution in [3.63, 3.8) is 0 Å². The maximum atomic E-state index is 12.8. The fourth-order valence-electron chi connectivity index (χ4n) is 3.97. The summed E-state index contributed by atoms with van der Waals surface area (Å²) in [6.07, 6.45) is 5.09. The van der Waals surface area contributed by atoms with Crippen molar-refractivity contribution in [1.82, 2.24) is 4.90 Å². The molecule has 0 unspecified atom stereocenters.